The van der Waals surface area contributed by atoms with Gasteiger partial charge in [-0.15, -0.1) is 11.3 Å². The van der Waals surface area contributed by atoms with Gasteiger partial charge < -0.3 is 9.47 Å². The quantitative estimate of drug-likeness (QED) is 0.628. The zero-order valence-electron chi connectivity index (χ0n) is 15.3. The lowest BCUT2D eigenvalue weighted by atomic mass is 10.1. The van der Waals surface area contributed by atoms with E-state index in [1.165, 1.54) is 16.9 Å². The van der Waals surface area contributed by atoms with Gasteiger partial charge in [-0.1, -0.05) is 24.3 Å². The molecule has 0 spiro atoms. The molecule has 1 aromatic heterocycles. The molecule has 0 saturated carbocycles. The van der Waals surface area contributed by atoms with Gasteiger partial charge in [-0.3, -0.25) is 10.1 Å². The maximum atomic E-state index is 12.1. The molecular formula is C21H19N3O3S. The normalized spacial score (nSPS) is 10.3. The Labute approximate surface area is 167 Å². The highest BCUT2D eigenvalue weighted by Crippen LogP contribution is 2.25. The van der Waals surface area contributed by atoms with Crippen molar-refractivity contribution in [3.8, 4) is 23.1 Å². The molecule has 0 radical (unpaired) electrons. The van der Waals surface area contributed by atoms with Crippen LogP contribution in [0, 0.1) is 11.3 Å². The van der Waals surface area contributed by atoms with E-state index in [1.54, 1.807) is 31.4 Å². The fraction of sp³-hybridized carbons (Fsp3) is 0.190. The van der Waals surface area contributed by atoms with Crippen LogP contribution in [-0.2, 0) is 16.0 Å². The van der Waals surface area contributed by atoms with Gasteiger partial charge in [0.25, 0.3) is 5.91 Å². The lowest BCUT2D eigenvalue weighted by Gasteiger charge is -2.05. The van der Waals surface area contributed by atoms with Crippen LogP contribution in [0.4, 0.5) is 5.13 Å². The van der Waals surface area contributed by atoms with E-state index >= 15 is 0 Å². The van der Waals surface area contributed by atoms with E-state index in [1.807, 2.05) is 23.6 Å². The number of methoxy groups -OCH3 is 1. The molecule has 6 nitrogen and oxygen atoms in total. The first kappa shape index (κ1) is 19.5. The van der Waals surface area contributed by atoms with Crippen LogP contribution in [-0.4, -0.2) is 31.2 Å². The van der Waals surface area contributed by atoms with Gasteiger partial charge in [0.2, 0.25) is 0 Å². The van der Waals surface area contributed by atoms with Crippen LogP contribution >= 0.6 is 11.3 Å². The number of ether oxygens (including phenoxy) is 2. The number of aromatic nitrogens is 1. The van der Waals surface area contributed by atoms with Crippen molar-refractivity contribution in [2.24, 2.45) is 0 Å². The molecule has 0 fully saturated rings. The Morgan fingerprint density at radius 2 is 1.93 bits per heavy atom. The third kappa shape index (κ3) is 5.39. The van der Waals surface area contributed by atoms with E-state index in [-0.39, 0.29) is 12.5 Å². The number of carbonyl (C=O) groups excluding carboxylic acids is 1. The standard InChI is InChI=1S/C21H19N3O3S/c1-26-11-10-15-2-6-17(7-3-15)19-14-28-21(23-19)24-20(25)13-27-18-8-4-16(12-22)5-9-18/h2-9,14H,10-11,13H2,1H3,(H,23,24,25). The molecule has 7 heteroatoms. The topological polar surface area (TPSA) is 84.2 Å². The van der Waals surface area contributed by atoms with E-state index in [9.17, 15) is 4.79 Å². The minimum Gasteiger partial charge on any atom is -0.484 e. The number of rotatable bonds is 8. The van der Waals surface area contributed by atoms with E-state index in [2.05, 4.69) is 22.4 Å². The van der Waals surface area contributed by atoms with Gasteiger partial charge in [0.05, 0.1) is 23.9 Å². The predicted molar refractivity (Wildman–Crippen MR) is 108 cm³/mol. The second-order valence-corrected chi connectivity index (χ2v) is 6.81. The summed E-state index contributed by atoms with van der Waals surface area (Å²) in [6, 6.07) is 16.8. The minimum absolute atomic E-state index is 0.130. The van der Waals surface area contributed by atoms with Crippen LogP contribution in [0.25, 0.3) is 11.3 Å². The van der Waals surface area contributed by atoms with Gasteiger partial charge in [-0.2, -0.15) is 5.26 Å². The number of thiazole rings is 1. The first-order valence-corrected chi connectivity index (χ1v) is 9.52. The Hall–Kier alpha value is -3.21. The smallest absolute Gasteiger partial charge is 0.264 e. The van der Waals surface area contributed by atoms with Crippen LogP contribution in [0.1, 0.15) is 11.1 Å². The summed E-state index contributed by atoms with van der Waals surface area (Å²) in [5.41, 5.74) is 3.55. The zero-order chi connectivity index (χ0) is 19.8. The third-order valence-corrected chi connectivity index (χ3v) is 4.71. The Kier molecular flexibility index (Phi) is 6.73. The molecule has 0 aliphatic rings. The summed E-state index contributed by atoms with van der Waals surface area (Å²) in [6.07, 6.45) is 0.869. The minimum atomic E-state index is -0.292. The Balaban J connectivity index is 1.53. The van der Waals surface area contributed by atoms with Gasteiger partial charge in [0.1, 0.15) is 5.75 Å². The highest BCUT2D eigenvalue weighted by atomic mass is 32.1. The first-order chi connectivity index (χ1) is 13.7. The lowest BCUT2D eigenvalue weighted by molar-refractivity contribution is -0.118. The van der Waals surface area contributed by atoms with Crippen molar-refractivity contribution < 1.29 is 14.3 Å². The fourth-order valence-corrected chi connectivity index (χ4v) is 3.19. The van der Waals surface area contributed by atoms with Crippen molar-refractivity contribution in [1.82, 2.24) is 4.98 Å². The third-order valence-electron chi connectivity index (χ3n) is 3.95. The monoisotopic (exact) mass is 393 g/mol. The van der Waals surface area contributed by atoms with Crippen LogP contribution < -0.4 is 10.1 Å². The molecule has 0 saturated heterocycles. The van der Waals surface area contributed by atoms with E-state index in [0.29, 0.717) is 23.1 Å². The molecule has 1 heterocycles. The van der Waals surface area contributed by atoms with Gasteiger partial charge in [-0.25, -0.2) is 4.98 Å². The average Bonchev–Trinajstić information content (AvgIpc) is 3.20. The zero-order valence-corrected chi connectivity index (χ0v) is 16.2. The highest BCUT2D eigenvalue weighted by molar-refractivity contribution is 7.14. The number of nitrogens with one attached hydrogen (secondary N) is 1. The molecule has 28 heavy (non-hydrogen) atoms. The summed E-state index contributed by atoms with van der Waals surface area (Å²) in [4.78, 5) is 16.5. The number of hydrogen-bond donors (Lipinski definition) is 1. The highest BCUT2D eigenvalue weighted by Gasteiger charge is 2.09. The second kappa shape index (κ2) is 9.65. The molecule has 3 aromatic rings. The molecule has 142 valence electrons. The number of anilines is 1. The van der Waals surface area contributed by atoms with Crippen molar-refractivity contribution in [2.75, 3.05) is 25.6 Å². The van der Waals surface area contributed by atoms with E-state index in [4.69, 9.17) is 14.7 Å². The van der Waals surface area contributed by atoms with Gasteiger partial charge in [-0.05, 0) is 36.2 Å². The van der Waals surface area contributed by atoms with Crippen LogP contribution in [0.3, 0.4) is 0 Å². The van der Waals surface area contributed by atoms with Crippen molar-refractivity contribution in [3.63, 3.8) is 0 Å². The maximum absolute atomic E-state index is 12.1. The predicted octanol–water partition coefficient (Wildman–Crippen LogP) is 3.89. The second-order valence-electron chi connectivity index (χ2n) is 5.95. The summed E-state index contributed by atoms with van der Waals surface area (Å²) in [5.74, 6) is 0.239. The largest absolute Gasteiger partial charge is 0.484 e. The summed E-state index contributed by atoms with van der Waals surface area (Å²) in [7, 11) is 1.69. The lowest BCUT2D eigenvalue weighted by Crippen LogP contribution is -2.20. The summed E-state index contributed by atoms with van der Waals surface area (Å²) >= 11 is 1.36. The number of amides is 1. The summed E-state index contributed by atoms with van der Waals surface area (Å²) < 4.78 is 10.5. The molecule has 0 bridgehead atoms. The molecular weight excluding hydrogens is 374 g/mol. The SMILES string of the molecule is COCCc1ccc(-c2csc(NC(=O)COc3ccc(C#N)cc3)n2)cc1. The van der Waals surface area contributed by atoms with E-state index < -0.39 is 0 Å². The van der Waals surface area contributed by atoms with Crippen molar-refractivity contribution in [1.29, 1.82) is 5.26 Å². The maximum Gasteiger partial charge on any atom is 0.264 e. The molecule has 0 aliphatic carbocycles. The summed E-state index contributed by atoms with van der Waals surface area (Å²) in [6.45, 7) is 0.561. The van der Waals surface area contributed by atoms with E-state index in [0.717, 1.165) is 17.7 Å². The van der Waals surface area contributed by atoms with Crippen LogP contribution in [0.2, 0.25) is 0 Å². The average molecular weight is 393 g/mol. The Morgan fingerprint density at radius 1 is 1.18 bits per heavy atom. The van der Waals surface area contributed by atoms with Crippen LogP contribution in [0.5, 0.6) is 5.75 Å². The summed E-state index contributed by atoms with van der Waals surface area (Å²) in [5, 5.41) is 13.9. The fourth-order valence-electron chi connectivity index (χ4n) is 2.46. The number of nitriles is 1. The molecule has 0 unspecified atom stereocenters. The van der Waals surface area contributed by atoms with Crippen LogP contribution in [0.15, 0.2) is 53.9 Å². The van der Waals surface area contributed by atoms with Gasteiger partial charge >= 0.3 is 0 Å². The van der Waals surface area contributed by atoms with Gasteiger partial charge in [0.15, 0.2) is 11.7 Å². The first-order valence-electron chi connectivity index (χ1n) is 8.64. The molecule has 3 rings (SSSR count). The van der Waals surface area contributed by atoms with Crippen molar-refractivity contribution in [2.45, 2.75) is 6.42 Å². The number of benzene rings is 2. The molecule has 0 atom stereocenters. The van der Waals surface area contributed by atoms with Crippen molar-refractivity contribution >= 4 is 22.4 Å². The number of carbonyl (C=O) groups is 1. The Morgan fingerprint density at radius 3 is 2.61 bits per heavy atom. The number of nitrogens with zero attached hydrogens (tertiary/aromatic N) is 2. The molecule has 2 aromatic carbocycles. The number of hydrogen-bond acceptors (Lipinski definition) is 6. The van der Waals surface area contributed by atoms with Crippen molar-refractivity contribution in [3.05, 3.63) is 65.0 Å². The molecule has 1 amide bonds. The van der Waals surface area contributed by atoms with Gasteiger partial charge in [0, 0.05) is 18.1 Å². The Bertz CT molecular complexity index is 960. The molecule has 0 aliphatic heterocycles. The molecule has 1 N–H and O–H groups in total.